The summed E-state index contributed by atoms with van der Waals surface area (Å²) in [6.07, 6.45) is 0.161. The molecule has 1 atom stereocenters. The molecule has 27 heavy (non-hydrogen) atoms. The summed E-state index contributed by atoms with van der Waals surface area (Å²) in [5.74, 6) is -0.0146. The highest BCUT2D eigenvalue weighted by atomic mass is 79.9. The number of aromatic amines is 1. The molecule has 7 nitrogen and oxygen atoms in total. The number of rotatable bonds is 4. The van der Waals surface area contributed by atoms with Crippen LogP contribution < -0.4 is 10.2 Å². The molecule has 8 heteroatoms. The third-order valence-electron chi connectivity index (χ3n) is 4.38. The first-order valence-corrected chi connectivity index (χ1v) is 9.24. The average Bonchev–Trinajstić information content (AvgIpc) is 3.29. The van der Waals surface area contributed by atoms with Gasteiger partial charge in [0.15, 0.2) is 5.82 Å². The van der Waals surface area contributed by atoms with E-state index in [0.717, 1.165) is 15.7 Å². The van der Waals surface area contributed by atoms with Gasteiger partial charge in [-0.1, -0.05) is 52.3 Å². The van der Waals surface area contributed by atoms with Gasteiger partial charge in [-0.15, -0.1) is 5.10 Å². The van der Waals surface area contributed by atoms with E-state index in [1.54, 1.807) is 4.90 Å². The molecule has 2 aromatic carbocycles. The van der Waals surface area contributed by atoms with Crippen LogP contribution >= 0.6 is 15.9 Å². The van der Waals surface area contributed by atoms with Gasteiger partial charge in [-0.3, -0.25) is 20.0 Å². The van der Waals surface area contributed by atoms with Crippen molar-refractivity contribution in [1.82, 2.24) is 15.2 Å². The van der Waals surface area contributed by atoms with Crippen LogP contribution in [0.15, 0.2) is 59.1 Å². The Morgan fingerprint density at radius 3 is 2.78 bits per heavy atom. The monoisotopic (exact) mass is 425 g/mol. The number of hydrogen-bond acceptors (Lipinski definition) is 4. The Hall–Kier alpha value is -3.00. The summed E-state index contributed by atoms with van der Waals surface area (Å²) in [6, 6.07) is 17.0. The largest absolute Gasteiger partial charge is 0.312 e. The molecule has 0 saturated carbocycles. The Balaban J connectivity index is 1.44. The summed E-state index contributed by atoms with van der Waals surface area (Å²) >= 11 is 3.40. The number of carbonyl (C=O) groups excluding carboxylic acids is 2. The number of nitrogens with zero attached hydrogens (tertiary/aromatic N) is 3. The molecular formula is C19H16BrN5O2. The molecule has 1 aromatic heterocycles. The molecule has 136 valence electrons. The van der Waals surface area contributed by atoms with E-state index >= 15 is 0 Å². The topological polar surface area (TPSA) is 91.0 Å². The van der Waals surface area contributed by atoms with E-state index in [-0.39, 0.29) is 24.2 Å². The number of carbonyl (C=O) groups is 2. The highest BCUT2D eigenvalue weighted by molar-refractivity contribution is 9.10. The van der Waals surface area contributed by atoms with Crippen LogP contribution in [0.5, 0.6) is 0 Å². The highest BCUT2D eigenvalue weighted by Crippen LogP contribution is 2.28. The van der Waals surface area contributed by atoms with Crippen molar-refractivity contribution >= 4 is 39.4 Å². The zero-order valence-electron chi connectivity index (χ0n) is 14.2. The minimum atomic E-state index is -0.449. The maximum atomic E-state index is 12.6. The fourth-order valence-corrected chi connectivity index (χ4v) is 3.42. The fraction of sp³-hybridized carbons (Fsp3) is 0.158. The predicted octanol–water partition coefficient (Wildman–Crippen LogP) is 3.23. The van der Waals surface area contributed by atoms with Gasteiger partial charge < -0.3 is 4.90 Å². The van der Waals surface area contributed by atoms with Crippen molar-refractivity contribution in [3.05, 3.63) is 59.1 Å². The molecule has 2 heterocycles. The SMILES string of the molecule is O=C(Nc1n[nH]c(-c2ccccc2)n1)[C@H]1CC(=O)N(c2cccc(Br)c2)C1. The van der Waals surface area contributed by atoms with Gasteiger partial charge in [0.05, 0.1) is 5.92 Å². The third-order valence-corrected chi connectivity index (χ3v) is 4.88. The lowest BCUT2D eigenvalue weighted by Gasteiger charge is -2.16. The number of halogens is 1. The first-order valence-electron chi connectivity index (χ1n) is 8.45. The summed E-state index contributed by atoms with van der Waals surface area (Å²) in [7, 11) is 0. The van der Waals surface area contributed by atoms with E-state index in [4.69, 9.17) is 0 Å². The van der Waals surface area contributed by atoms with E-state index in [9.17, 15) is 9.59 Å². The molecule has 1 saturated heterocycles. The van der Waals surface area contributed by atoms with Crippen LogP contribution in [-0.4, -0.2) is 33.5 Å². The number of anilines is 2. The molecule has 3 aromatic rings. The Bertz CT molecular complexity index is 989. The molecule has 2 N–H and O–H groups in total. The Morgan fingerprint density at radius 2 is 2.00 bits per heavy atom. The Labute approximate surface area is 163 Å². The number of amides is 2. The van der Waals surface area contributed by atoms with E-state index in [1.807, 2.05) is 54.6 Å². The molecule has 4 rings (SSSR count). The van der Waals surface area contributed by atoms with Crippen molar-refractivity contribution in [3.8, 4) is 11.4 Å². The molecule has 1 aliphatic rings. The number of aromatic nitrogens is 3. The van der Waals surface area contributed by atoms with Crippen LogP contribution in [0.25, 0.3) is 11.4 Å². The summed E-state index contributed by atoms with van der Waals surface area (Å²) in [5, 5.41) is 9.55. The summed E-state index contributed by atoms with van der Waals surface area (Å²) < 4.78 is 0.884. The van der Waals surface area contributed by atoms with Crippen LogP contribution in [0.2, 0.25) is 0 Å². The number of hydrogen-bond donors (Lipinski definition) is 2. The van der Waals surface area contributed by atoms with Gasteiger partial charge in [0.25, 0.3) is 0 Å². The normalized spacial score (nSPS) is 16.6. The molecule has 1 aliphatic heterocycles. The van der Waals surface area contributed by atoms with Crippen LogP contribution in [0.4, 0.5) is 11.6 Å². The van der Waals surface area contributed by atoms with E-state index in [1.165, 1.54) is 0 Å². The number of H-pyrrole nitrogens is 1. The lowest BCUT2D eigenvalue weighted by molar-refractivity contribution is -0.122. The minimum Gasteiger partial charge on any atom is -0.312 e. The summed E-state index contributed by atoms with van der Waals surface area (Å²) in [6.45, 7) is 0.330. The zero-order valence-corrected chi connectivity index (χ0v) is 15.8. The quantitative estimate of drug-likeness (QED) is 0.670. The molecule has 0 spiro atoms. The Kier molecular flexibility index (Phi) is 4.72. The van der Waals surface area contributed by atoms with Gasteiger partial charge in [-0.2, -0.15) is 4.98 Å². The fourth-order valence-electron chi connectivity index (χ4n) is 3.03. The standard InChI is InChI=1S/C19H16BrN5O2/c20-14-7-4-8-15(10-14)25-11-13(9-16(25)26)18(27)22-19-21-17(23-24-19)12-5-2-1-3-6-12/h1-8,10,13H,9,11H2,(H2,21,22,23,24,27)/t13-/m0/s1. The van der Waals surface area contributed by atoms with Crippen molar-refractivity contribution in [2.45, 2.75) is 6.42 Å². The highest BCUT2D eigenvalue weighted by Gasteiger charge is 2.35. The van der Waals surface area contributed by atoms with Crippen LogP contribution in [-0.2, 0) is 9.59 Å². The lowest BCUT2D eigenvalue weighted by Crippen LogP contribution is -2.28. The van der Waals surface area contributed by atoms with E-state index < -0.39 is 5.92 Å². The summed E-state index contributed by atoms with van der Waals surface area (Å²) in [4.78, 5) is 30.8. The number of nitrogens with one attached hydrogen (secondary N) is 2. The van der Waals surface area contributed by atoms with Crippen molar-refractivity contribution in [2.75, 3.05) is 16.8 Å². The van der Waals surface area contributed by atoms with E-state index in [2.05, 4.69) is 36.4 Å². The molecule has 0 bridgehead atoms. The van der Waals surface area contributed by atoms with Crippen molar-refractivity contribution in [3.63, 3.8) is 0 Å². The maximum absolute atomic E-state index is 12.6. The first-order chi connectivity index (χ1) is 13.1. The van der Waals surface area contributed by atoms with Gasteiger partial charge in [0, 0.05) is 28.7 Å². The van der Waals surface area contributed by atoms with Crippen molar-refractivity contribution < 1.29 is 9.59 Å². The maximum Gasteiger partial charge on any atom is 0.249 e. The van der Waals surface area contributed by atoms with Gasteiger partial charge >= 0.3 is 0 Å². The molecule has 0 aliphatic carbocycles. The van der Waals surface area contributed by atoms with Crippen molar-refractivity contribution in [1.29, 1.82) is 0 Å². The second kappa shape index (κ2) is 7.32. The molecular weight excluding hydrogens is 410 g/mol. The smallest absolute Gasteiger partial charge is 0.249 e. The minimum absolute atomic E-state index is 0.0757. The van der Waals surface area contributed by atoms with Crippen LogP contribution in [0.3, 0.4) is 0 Å². The lowest BCUT2D eigenvalue weighted by atomic mass is 10.1. The summed E-state index contributed by atoms with van der Waals surface area (Å²) in [5.41, 5.74) is 1.65. The molecule has 1 fully saturated rings. The van der Waals surface area contributed by atoms with Gasteiger partial charge in [-0.25, -0.2) is 0 Å². The van der Waals surface area contributed by atoms with Crippen LogP contribution in [0, 0.1) is 5.92 Å². The first kappa shape index (κ1) is 17.4. The molecule has 2 amide bonds. The second-order valence-electron chi connectivity index (χ2n) is 6.25. The number of benzene rings is 2. The van der Waals surface area contributed by atoms with Crippen molar-refractivity contribution in [2.24, 2.45) is 5.92 Å². The predicted molar refractivity (Wildman–Crippen MR) is 105 cm³/mol. The van der Waals surface area contributed by atoms with Gasteiger partial charge in [-0.05, 0) is 18.2 Å². The molecule has 0 radical (unpaired) electrons. The van der Waals surface area contributed by atoms with Gasteiger partial charge in [0.1, 0.15) is 0 Å². The Morgan fingerprint density at radius 1 is 1.19 bits per heavy atom. The van der Waals surface area contributed by atoms with E-state index in [0.29, 0.717) is 12.4 Å². The van der Waals surface area contributed by atoms with Crippen LogP contribution in [0.1, 0.15) is 6.42 Å². The zero-order chi connectivity index (χ0) is 18.8. The van der Waals surface area contributed by atoms with Gasteiger partial charge in [0.2, 0.25) is 17.8 Å². The second-order valence-corrected chi connectivity index (χ2v) is 7.16. The third kappa shape index (κ3) is 3.75. The molecule has 0 unspecified atom stereocenters. The average molecular weight is 426 g/mol.